The Morgan fingerprint density at radius 3 is 2.40 bits per heavy atom. The van der Waals surface area contributed by atoms with E-state index in [-0.39, 0.29) is 5.91 Å². The van der Waals surface area contributed by atoms with Gasteiger partial charge in [0.05, 0.1) is 4.58 Å². The predicted molar refractivity (Wildman–Crippen MR) is 110 cm³/mol. The second kappa shape index (κ2) is 8.33. The van der Waals surface area contributed by atoms with E-state index in [1.54, 1.807) is 4.90 Å². The molecule has 1 fully saturated rings. The number of nitrogens with zero attached hydrogens (tertiary/aromatic N) is 1. The van der Waals surface area contributed by atoms with Gasteiger partial charge in [-0.1, -0.05) is 35.9 Å². The molecule has 1 amide bonds. The Morgan fingerprint density at radius 1 is 1.08 bits per heavy atom. The smallest absolute Gasteiger partial charge is 0.253 e. The highest BCUT2D eigenvalue weighted by atomic mass is 32.2. The van der Waals surface area contributed by atoms with Crippen LogP contribution in [0.1, 0.15) is 43.6 Å². The molecule has 0 bridgehead atoms. The lowest BCUT2D eigenvalue weighted by Crippen LogP contribution is -2.26. The van der Waals surface area contributed by atoms with Crippen LogP contribution < -0.4 is 0 Å². The van der Waals surface area contributed by atoms with Gasteiger partial charge < -0.3 is 4.90 Å². The minimum Gasteiger partial charge on any atom is -0.337 e. The van der Waals surface area contributed by atoms with Crippen LogP contribution in [-0.2, 0) is 6.54 Å². The molecule has 25 heavy (non-hydrogen) atoms. The van der Waals surface area contributed by atoms with Crippen molar-refractivity contribution in [3.8, 4) is 0 Å². The molecule has 2 nitrogen and oxygen atoms in total. The van der Waals surface area contributed by atoms with Gasteiger partial charge in [-0.05, 0) is 60.6 Å². The van der Waals surface area contributed by atoms with E-state index in [1.165, 1.54) is 40.2 Å². The fourth-order valence-corrected chi connectivity index (χ4v) is 5.93. The Morgan fingerprint density at radius 2 is 1.76 bits per heavy atom. The molecule has 2 aromatic rings. The van der Waals surface area contributed by atoms with Crippen LogP contribution in [0.15, 0.2) is 42.5 Å². The number of thioether (sulfide) groups is 2. The number of rotatable bonds is 4. The molecule has 0 radical (unpaired) electrons. The highest BCUT2D eigenvalue weighted by Gasteiger charge is 2.18. The van der Waals surface area contributed by atoms with Gasteiger partial charge in [0.2, 0.25) is 0 Å². The molecular formula is C21H25NOS2. The predicted octanol–water partition coefficient (Wildman–Crippen LogP) is 5.44. The maximum absolute atomic E-state index is 12.7. The van der Waals surface area contributed by atoms with E-state index >= 15 is 0 Å². The molecule has 1 aliphatic heterocycles. The van der Waals surface area contributed by atoms with Gasteiger partial charge in [-0.15, -0.1) is 23.5 Å². The molecule has 3 rings (SSSR count). The van der Waals surface area contributed by atoms with Gasteiger partial charge in [0.15, 0.2) is 0 Å². The van der Waals surface area contributed by atoms with Crippen LogP contribution in [0, 0.1) is 13.8 Å². The van der Waals surface area contributed by atoms with Gasteiger partial charge in [0.25, 0.3) is 5.91 Å². The minimum atomic E-state index is 0.0791. The zero-order valence-corrected chi connectivity index (χ0v) is 16.8. The molecule has 132 valence electrons. The average molecular weight is 372 g/mol. The van der Waals surface area contributed by atoms with E-state index in [4.69, 9.17) is 0 Å². The Balaban J connectivity index is 1.67. The Kier molecular flexibility index (Phi) is 6.13. The summed E-state index contributed by atoms with van der Waals surface area (Å²) in [6.45, 7) is 4.84. The number of hydrogen-bond donors (Lipinski definition) is 0. The van der Waals surface area contributed by atoms with Gasteiger partial charge in [-0.3, -0.25) is 4.79 Å². The quantitative estimate of drug-likeness (QED) is 0.713. The van der Waals surface area contributed by atoms with Gasteiger partial charge in [-0.25, -0.2) is 0 Å². The van der Waals surface area contributed by atoms with Crippen molar-refractivity contribution in [3.05, 3.63) is 70.3 Å². The van der Waals surface area contributed by atoms with Crippen LogP contribution in [0.4, 0.5) is 0 Å². The normalized spacial score (nSPS) is 15.2. The summed E-state index contributed by atoms with van der Waals surface area (Å²) < 4.78 is 0.519. The van der Waals surface area contributed by atoms with Crippen molar-refractivity contribution in [1.29, 1.82) is 0 Å². The van der Waals surface area contributed by atoms with E-state index in [9.17, 15) is 4.79 Å². The second-order valence-electron chi connectivity index (χ2n) is 6.64. The van der Waals surface area contributed by atoms with E-state index in [0.717, 1.165) is 5.56 Å². The minimum absolute atomic E-state index is 0.0791. The summed E-state index contributed by atoms with van der Waals surface area (Å²) in [5.74, 6) is 2.55. The molecule has 0 spiro atoms. The molecule has 0 atom stereocenters. The first-order chi connectivity index (χ1) is 12.0. The standard InChI is InChI=1S/C21H25NOS2/c1-15-5-6-19(16(2)13-15)14-22(3)20(23)17-7-9-18(10-8-17)21-24-11-4-12-25-21/h5-10,13,21H,4,11-12,14H2,1-3H3. The van der Waals surface area contributed by atoms with Gasteiger partial charge in [0, 0.05) is 19.2 Å². The molecule has 1 saturated heterocycles. The van der Waals surface area contributed by atoms with Gasteiger partial charge in [0.1, 0.15) is 0 Å². The first-order valence-corrected chi connectivity index (χ1v) is 10.8. The number of carbonyl (C=O) groups excluding carboxylic acids is 1. The average Bonchev–Trinajstić information content (AvgIpc) is 2.64. The topological polar surface area (TPSA) is 20.3 Å². The van der Waals surface area contributed by atoms with Crippen molar-refractivity contribution in [1.82, 2.24) is 4.90 Å². The fourth-order valence-electron chi connectivity index (χ4n) is 3.03. The maximum atomic E-state index is 12.7. The summed E-state index contributed by atoms with van der Waals surface area (Å²) in [5, 5.41) is 0. The van der Waals surface area contributed by atoms with Crippen molar-refractivity contribution < 1.29 is 4.79 Å². The molecule has 2 aromatic carbocycles. The molecule has 0 aromatic heterocycles. The third kappa shape index (κ3) is 4.62. The van der Waals surface area contributed by atoms with E-state index in [1.807, 2.05) is 42.7 Å². The van der Waals surface area contributed by atoms with Crippen LogP contribution in [-0.4, -0.2) is 29.4 Å². The maximum Gasteiger partial charge on any atom is 0.253 e. The number of carbonyl (C=O) groups is 1. The van der Waals surface area contributed by atoms with Gasteiger partial charge >= 0.3 is 0 Å². The summed E-state index contributed by atoms with van der Waals surface area (Å²) in [7, 11) is 1.88. The SMILES string of the molecule is Cc1ccc(CN(C)C(=O)c2ccc(C3SCCCS3)cc2)c(C)c1. The van der Waals surface area contributed by atoms with Crippen LogP contribution in [0.3, 0.4) is 0 Å². The lowest BCUT2D eigenvalue weighted by atomic mass is 10.0. The summed E-state index contributed by atoms with van der Waals surface area (Å²) in [5.41, 5.74) is 5.78. The molecule has 1 heterocycles. The Labute approximate surface area is 159 Å². The highest BCUT2D eigenvalue weighted by Crippen LogP contribution is 2.43. The first-order valence-electron chi connectivity index (χ1n) is 8.69. The number of amides is 1. The van der Waals surface area contributed by atoms with Crippen LogP contribution in [0.2, 0.25) is 0 Å². The van der Waals surface area contributed by atoms with Crippen molar-refractivity contribution in [2.24, 2.45) is 0 Å². The van der Waals surface area contributed by atoms with Crippen LogP contribution >= 0.6 is 23.5 Å². The molecule has 4 heteroatoms. The zero-order chi connectivity index (χ0) is 17.8. The highest BCUT2D eigenvalue weighted by molar-refractivity contribution is 8.16. The number of aryl methyl sites for hydroxylation is 2. The molecular weight excluding hydrogens is 346 g/mol. The first kappa shape index (κ1) is 18.4. The van der Waals surface area contributed by atoms with Crippen LogP contribution in [0.5, 0.6) is 0 Å². The molecule has 0 saturated carbocycles. The van der Waals surface area contributed by atoms with Crippen molar-refractivity contribution in [2.75, 3.05) is 18.6 Å². The number of hydrogen-bond acceptors (Lipinski definition) is 3. The largest absolute Gasteiger partial charge is 0.337 e. The molecule has 0 aliphatic carbocycles. The third-order valence-electron chi connectivity index (χ3n) is 4.51. The number of benzene rings is 2. The second-order valence-corrected chi connectivity index (χ2v) is 9.36. The summed E-state index contributed by atoms with van der Waals surface area (Å²) >= 11 is 4.02. The Hall–Kier alpha value is -1.39. The van der Waals surface area contributed by atoms with Gasteiger partial charge in [-0.2, -0.15) is 0 Å². The van der Waals surface area contributed by atoms with E-state index < -0.39 is 0 Å². The summed E-state index contributed by atoms with van der Waals surface area (Å²) in [6.07, 6.45) is 1.30. The van der Waals surface area contributed by atoms with Crippen LogP contribution in [0.25, 0.3) is 0 Å². The zero-order valence-electron chi connectivity index (χ0n) is 15.1. The van der Waals surface area contributed by atoms with Crippen molar-refractivity contribution in [3.63, 3.8) is 0 Å². The van der Waals surface area contributed by atoms with E-state index in [2.05, 4.69) is 44.2 Å². The lowest BCUT2D eigenvalue weighted by Gasteiger charge is -2.22. The fraction of sp³-hybridized carbons (Fsp3) is 0.381. The summed E-state index contributed by atoms with van der Waals surface area (Å²) in [6, 6.07) is 14.6. The molecule has 0 N–H and O–H groups in total. The molecule has 1 aliphatic rings. The molecule has 0 unspecified atom stereocenters. The third-order valence-corrected chi connectivity index (χ3v) is 7.52. The lowest BCUT2D eigenvalue weighted by molar-refractivity contribution is 0.0785. The van der Waals surface area contributed by atoms with Crippen molar-refractivity contribution in [2.45, 2.75) is 31.4 Å². The summed E-state index contributed by atoms with van der Waals surface area (Å²) in [4.78, 5) is 14.5. The van der Waals surface area contributed by atoms with Crippen molar-refractivity contribution >= 4 is 29.4 Å². The van der Waals surface area contributed by atoms with E-state index in [0.29, 0.717) is 11.1 Å². The Bertz CT molecular complexity index is 736. The monoisotopic (exact) mass is 371 g/mol.